The molecule has 3 heterocycles. The lowest BCUT2D eigenvalue weighted by Crippen LogP contribution is -2.31. The number of hydrogen-bond acceptors (Lipinski definition) is 6. The van der Waals surface area contributed by atoms with Crippen LogP contribution in [0.5, 0.6) is 0 Å². The molecule has 3 aromatic rings. The van der Waals surface area contributed by atoms with Crippen molar-refractivity contribution in [3.63, 3.8) is 0 Å². The number of aromatic nitrogens is 5. The van der Waals surface area contributed by atoms with Gasteiger partial charge in [0.25, 0.3) is 5.56 Å². The summed E-state index contributed by atoms with van der Waals surface area (Å²) in [5.41, 5.74) is 0.498. The Morgan fingerprint density at radius 1 is 1.26 bits per heavy atom. The molecular formula is C17H14F2N6O2. The molecule has 1 fully saturated rings. The minimum Gasteiger partial charge on any atom is -0.293 e. The fourth-order valence-corrected chi connectivity index (χ4v) is 2.73. The van der Waals surface area contributed by atoms with Crippen LogP contribution in [-0.4, -0.2) is 30.6 Å². The molecule has 0 bridgehead atoms. The zero-order chi connectivity index (χ0) is 19.0. The molecule has 8 nitrogen and oxygen atoms in total. The molecule has 1 amide bonds. The van der Waals surface area contributed by atoms with Crippen LogP contribution >= 0.6 is 0 Å². The van der Waals surface area contributed by atoms with Crippen molar-refractivity contribution in [2.45, 2.75) is 32.0 Å². The Labute approximate surface area is 151 Å². The number of pyridine rings is 1. The van der Waals surface area contributed by atoms with Crippen LogP contribution in [-0.2, 0) is 18.0 Å². The first-order valence-corrected chi connectivity index (χ1v) is 8.29. The summed E-state index contributed by atoms with van der Waals surface area (Å²) in [5.74, 6) is -1.06. The van der Waals surface area contributed by atoms with Gasteiger partial charge < -0.3 is 0 Å². The number of nitrogens with one attached hydrogen (secondary N) is 1. The van der Waals surface area contributed by atoms with E-state index >= 15 is 0 Å². The van der Waals surface area contributed by atoms with Gasteiger partial charge in [0.2, 0.25) is 11.9 Å². The highest BCUT2D eigenvalue weighted by Gasteiger charge is 2.26. The van der Waals surface area contributed by atoms with E-state index in [4.69, 9.17) is 0 Å². The number of fused-ring (bicyclic) bond motifs is 1. The molecule has 0 atom stereocenters. The normalized spacial score (nSPS) is 13.7. The lowest BCUT2D eigenvalue weighted by molar-refractivity contribution is -0.117. The van der Waals surface area contributed by atoms with Gasteiger partial charge in [0.15, 0.2) is 5.82 Å². The molecule has 1 saturated carbocycles. The molecule has 0 saturated heterocycles. The second-order valence-corrected chi connectivity index (χ2v) is 6.22. The average Bonchev–Trinajstić information content (AvgIpc) is 3.51. The van der Waals surface area contributed by atoms with Crippen LogP contribution < -0.4 is 10.9 Å². The monoisotopic (exact) mass is 372 g/mol. The van der Waals surface area contributed by atoms with E-state index in [1.807, 2.05) is 0 Å². The first kappa shape index (κ1) is 17.1. The lowest BCUT2D eigenvalue weighted by atomic mass is 10.2. The predicted octanol–water partition coefficient (Wildman–Crippen LogP) is 1.71. The number of rotatable bonds is 5. The fraction of sp³-hybridized carbons (Fsp3) is 0.294. The third-order valence-corrected chi connectivity index (χ3v) is 4.18. The molecule has 3 aromatic heterocycles. The summed E-state index contributed by atoms with van der Waals surface area (Å²) in [4.78, 5) is 36.3. The first-order chi connectivity index (χ1) is 13.0. The molecular weight excluding hydrogens is 358 g/mol. The number of hydrogen-bond donors (Lipinski definition) is 1. The largest absolute Gasteiger partial charge is 0.293 e. The van der Waals surface area contributed by atoms with Crippen molar-refractivity contribution in [1.29, 1.82) is 0 Å². The zero-order valence-electron chi connectivity index (χ0n) is 14.0. The van der Waals surface area contributed by atoms with E-state index in [2.05, 4.69) is 25.4 Å². The van der Waals surface area contributed by atoms with Crippen molar-refractivity contribution in [2.75, 3.05) is 5.32 Å². The van der Waals surface area contributed by atoms with E-state index in [9.17, 15) is 18.4 Å². The Morgan fingerprint density at radius 3 is 2.67 bits per heavy atom. The maximum atomic E-state index is 13.5. The Hall–Kier alpha value is -3.30. The number of carbonyl (C=O) groups is 1. The van der Waals surface area contributed by atoms with Gasteiger partial charge in [-0.3, -0.25) is 19.9 Å². The second kappa shape index (κ2) is 6.78. The van der Waals surface area contributed by atoms with E-state index in [0.29, 0.717) is 5.92 Å². The topological polar surface area (TPSA) is 103 Å². The maximum Gasteiger partial charge on any atom is 0.276 e. The van der Waals surface area contributed by atoms with E-state index in [1.165, 1.54) is 0 Å². The van der Waals surface area contributed by atoms with Crippen molar-refractivity contribution < 1.29 is 13.6 Å². The quantitative estimate of drug-likeness (QED) is 0.731. The number of halogens is 2. The van der Waals surface area contributed by atoms with Gasteiger partial charge in [0.1, 0.15) is 24.4 Å². The van der Waals surface area contributed by atoms with E-state index in [0.717, 1.165) is 35.6 Å². The lowest BCUT2D eigenvalue weighted by Gasteiger charge is -2.10. The summed E-state index contributed by atoms with van der Waals surface area (Å²) in [6, 6.07) is 3.34. The van der Waals surface area contributed by atoms with Gasteiger partial charge >= 0.3 is 0 Å². The smallest absolute Gasteiger partial charge is 0.276 e. The van der Waals surface area contributed by atoms with Crippen LogP contribution in [0.15, 0.2) is 29.3 Å². The third kappa shape index (κ3) is 3.50. The number of alkyl halides is 1. The second-order valence-electron chi connectivity index (χ2n) is 6.22. The van der Waals surface area contributed by atoms with Crippen LogP contribution in [0.3, 0.4) is 0 Å². The SMILES string of the molecule is O=C(Cn1nc(CF)c2nc(C3CC3)ccc2c1=O)Nc1ncc(F)cn1. The molecule has 0 radical (unpaired) electrons. The van der Waals surface area contributed by atoms with Gasteiger partial charge in [-0.25, -0.2) is 23.4 Å². The standard InChI is InChI=1S/C17H14F2N6O2/c18-5-13-15-11(3-4-12(22-15)9-1-2-9)16(27)25(24-13)8-14(26)23-17-20-6-10(19)7-21-17/h3-4,6-7,9H,1-2,5,8H2,(H,20,21,23,26). The van der Waals surface area contributed by atoms with Crippen molar-refractivity contribution in [1.82, 2.24) is 24.7 Å². The Balaban J connectivity index is 1.64. The van der Waals surface area contributed by atoms with Crippen molar-refractivity contribution in [3.8, 4) is 0 Å². The summed E-state index contributed by atoms with van der Waals surface area (Å²) in [6.07, 6.45) is 3.85. The Kier molecular flexibility index (Phi) is 4.30. The Bertz CT molecular complexity index is 1080. The fourth-order valence-electron chi connectivity index (χ4n) is 2.73. The van der Waals surface area contributed by atoms with Crippen molar-refractivity contribution >= 4 is 22.8 Å². The molecule has 10 heteroatoms. The van der Waals surface area contributed by atoms with E-state index < -0.39 is 30.5 Å². The highest BCUT2D eigenvalue weighted by Crippen LogP contribution is 2.39. The molecule has 138 valence electrons. The van der Waals surface area contributed by atoms with Gasteiger partial charge in [0.05, 0.1) is 17.8 Å². The molecule has 1 N–H and O–H groups in total. The van der Waals surface area contributed by atoms with Crippen LogP contribution in [0, 0.1) is 5.82 Å². The van der Waals surface area contributed by atoms with Gasteiger partial charge in [0, 0.05) is 11.6 Å². The number of nitrogens with zero attached hydrogens (tertiary/aromatic N) is 5. The van der Waals surface area contributed by atoms with Crippen molar-refractivity contribution in [3.05, 3.63) is 52.1 Å². The summed E-state index contributed by atoms with van der Waals surface area (Å²) in [5, 5.41) is 6.47. The van der Waals surface area contributed by atoms with Gasteiger partial charge in [-0.15, -0.1) is 0 Å². The van der Waals surface area contributed by atoms with Crippen LogP contribution in [0.4, 0.5) is 14.7 Å². The van der Waals surface area contributed by atoms with Gasteiger partial charge in [-0.2, -0.15) is 5.10 Å². The van der Waals surface area contributed by atoms with Crippen molar-refractivity contribution in [2.24, 2.45) is 0 Å². The Morgan fingerprint density at radius 2 is 2.00 bits per heavy atom. The van der Waals surface area contributed by atoms with Crippen LogP contribution in [0.25, 0.3) is 10.9 Å². The summed E-state index contributed by atoms with van der Waals surface area (Å²) >= 11 is 0. The zero-order valence-corrected chi connectivity index (χ0v) is 14.0. The molecule has 0 spiro atoms. The molecule has 1 aliphatic rings. The molecule has 0 aliphatic heterocycles. The van der Waals surface area contributed by atoms with Crippen LogP contribution in [0.1, 0.15) is 30.1 Å². The molecule has 4 rings (SSSR count). The predicted molar refractivity (Wildman–Crippen MR) is 91.2 cm³/mol. The minimum absolute atomic E-state index is 0.00191. The first-order valence-electron chi connectivity index (χ1n) is 8.29. The molecule has 0 aromatic carbocycles. The maximum absolute atomic E-state index is 13.5. The van der Waals surface area contributed by atoms with E-state index in [-0.39, 0.29) is 22.5 Å². The summed E-state index contributed by atoms with van der Waals surface area (Å²) < 4.78 is 27.1. The van der Waals surface area contributed by atoms with E-state index in [1.54, 1.807) is 12.1 Å². The number of carbonyl (C=O) groups excluding carboxylic acids is 1. The molecule has 27 heavy (non-hydrogen) atoms. The highest BCUT2D eigenvalue weighted by molar-refractivity contribution is 5.89. The van der Waals surface area contributed by atoms with Gasteiger partial charge in [-0.05, 0) is 25.0 Å². The highest BCUT2D eigenvalue weighted by atomic mass is 19.1. The number of amides is 1. The van der Waals surface area contributed by atoms with Crippen LogP contribution in [0.2, 0.25) is 0 Å². The summed E-state index contributed by atoms with van der Waals surface area (Å²) in [6.45, 7) is -1.38. The minimum atomic E-state index is -0.916. The average molecular weight is 372 g/mol. The number of anilines is 1. The summed E-state index contributed by atoms with van der Waals surface area (Å²) in [7, 11) is 0. The third-order valence-electron chi connectivity index (χ3n) is 4.18. The molecule has 1 aliphatic carbocycles. The molecule has 0 unspecified atom stereocenters. The van der Waals surface area contributed by atoms with Gasteiger partial charge in [-0.1, -0.05) is 0 Å².